The van der Waals surface area contributed by atoms with Crippen LogP contribution in [0.25, 0.3) is 32.7 Å². The number of nitrogens with zero attached hydrogens (tertiary/aromatic N) is 3. The smallest absolute Gasteiger partial charge is 0.418 e. The molecule has 0 atom stereocenters. The van der Waals surface area contributed by atoms with Gasteiger partial charge < -0.3 is 9.67 Å². The van der Waals surface area contributed by atoms with E-state index in [-0.39, 0.29) is 16.0 Å². The minimum atomic E-state index is -4.68. The molecule has 3 heterocycles. The van der Waals surface area contributed by atoms with Crippen LogP contribution in [0.4, 0.5) is 18.0 Å². The largest absolute Gasteiger partial charge is 0.464 e. The van der Waals surface area contributed by atoms with Gasteiger partial charge in [-0.25, -0.2) is 27.9 Å². The molecule has 0 radical (unpaired) electrons. The normalized spacial score (nSPS) is 12.1. The number of hydrogen-bond donors (Lipinski definition) is 2. The molecule has 8 nitrogen and oxygen atoms in total. The molecule has 5 rings (SSSR count). The molecule has 218 valence electrons. The fraction of sp³-hybridized carbons (Fsp3) is 0.207. The zero-order valence-electron chi connectivity index (χ0n) is 22.7. The molecule has 0 saturated heterocycles. The Morgan fingerprint density at radius 2 is 1.71 bits per heavy atom. The van der Waals surface area contributed by atoms with Crippen molar-refractivity contribution in [2.75, 3.05) is 0 Å². The first-order valence-electron chi connectivity index (χ1n) is 12.8. The number of imidazole rings is 1. The Kier molecular flexibility index (Phi) is 7.58. The lowest BCUT2D eigenvalue weighted by Crippen LogP contribution is -2.28. The first-order valence-corrected chi connectivity index (χ1v) is 15.1. The Bertz CT molecular complexity index is 1930. The average molecular weight is 615 g/mol. The maximum Gasteiger partial charge on any atom is 0.418 e. The van der Waals surface area contributed by atoms with Crippen LogP contribution in [0.15, 0.2) is 64.9 Å². The highest BCUT2D eigenvalue weighted by molar-refractivity contribution is 7.92. The highest BCUT2D eigenvalue weighted by Crippen LogP contribution is 2.44. The average Bonchev–Trinajstić information content (AvgIpc) is 3.51. The molecule has 0 spiro atoms. The molecule has 0 bridgehead atoms. The van der Waals surface area contributed by atoms with E-state index < -0.39 is 32.1 Å². The number of benzene rings is 2. The SMILES string of the molecule is CCc1nc2c(C)cc(C)nc2n1Cc1ccc(-c2cc(-c3ccccc3C(F)(F)F)sc2S(=O)(=O)NC(=O)O)cc1. The number of alkyl halides is 3. The molecule has 0 unspecified atom stereocenters. The summed E-state index contributed by atoms with van der Waals surface area (Å²) in [6.07, 6.45) is -5.80. The lowest BCUT2D eigenvalue weighted by molar-refractivity contribution is -0.137. The third kappa shape index (κ3) is 5.61. The van der Waals surface area contributed by atoms with E-state index in [1.54, 1.807) is 24.3 Å². The van der Waals surface area contributed by atoms with Crippen LogP contribution in [0.1, 0.15) is 35.1 Å². The maximum absolute atomic E-state index is 13.8. The Labute approximate surface area is 243 Å². The van der Waals surface area contributed by atoms with E-state index in [1.807, 2.05) is 31.4 Å². The summed E-state index contributed by atoms with van der Waals surface area (Å²) >= 11 is 0.569. The molecule has 0 aliphatic heterocycles. The van der Waals surface area contributed by atoms with Crippen molar-refractivity contribution in [3.8, 4) is 21.6 Å². The van der Waals surface area contributed by atoms with E-state index in [0.29, 0.717) is 29.9 Å². The number of amides is 1. The van der Waals surface area contributed by atoms with Crippen molar-refractivity contribution < 1.29 is 31.5 Å². The quantitative estimate of drug-likeness (QED) is 0.204. The summed E-state index contributed by atoms with van der Waals surface area (Å²) in [5, 5.41) is 9.11. The van der Waals surface area contributed by atoms with Crippen LogP contribution >= 0.6 is 11.3 Å². The van der Waals surface area contributed by atoms with E-state index >= 15 is 0 Å². The molecule has 3 aromatic heterocycles. The Morgan fingerprint density at radius 1 is 1.02 bits per heavy atom. The van der Waals surface area contributed by atoms with Gasteiger partial charge in [-0.15, -0.1) is 11.3 Å². The number of thiophene rings is 1. The molecule has 13 heteroatoms. The second-order valence-corrected chi connectivity index (χ2v) is 12.6. The van der Waals surface area contributed by atoms with Crippen LogP contribution in [0.5, 0.6) is 0 Å². The van der Waals surface area contributed by atoms with Crippen molar-refractivity contribution in [2.45, 2.75) is 44.1 Å². The standard InChI is InChI=1S/C29H25F3N4O4S2/c1-4-24-34-25-16(2)13-17(3)33-26(25)36(24)15-18-9-11-19(12-10-18)21-14-23(41-27(21)42(39,40)35-28(37)38)20-7-5-6-8-22(20)29(30,31)32/h5-14,35H,4,15H2,1-3H3,(H,37,38). The highest BCUT2D eigenvalue weighted by atomic mass is 32.2. The molecule has 2 N–H and O–H groups in total. The number of nitrogens with one attached hydrogen (secondary N) is 1. The second kappa shape index (κ2) is 10.9. The lowest BCUT2D eigenvalue weighted by atomic mass is 10.0. The summed E-state index contributed by atoms with van der Waals surface area (Å²) in [7, 11) is -4.60. The summed E-state index contributed by atoms with van der Waals surface area (Å²) in [5.41, 5.74) is 3.67. The zero-order valence-corrected chi connectivity index (χ0v) is 24.3. The molecule has 0 fully saturated rings. The van der Waals surface area contributed by atoms with Crippen LogP contribution in [0, 0.1) is 13.8 Å². The molecule has 1 amide bonds. The lowest BCUT2D eigenvalue weighted by Gasteiger charge is -2.11. The number of carboxylic acid groups (broad SMARTS) is 1. The van der Waals surface area contributed by atoms with Crippen molar-refractivity contribution in [3.05, 3.63) is 88.9 Å². The van der Waals surface area contributed by atoms with E-state index in [0.717, 1.165) is 39.9 Å². The third-order valence-electron chi connectivity index (χ3n) is 6.68. The molecular formula is C29H25F3N4O4S2. The number of carbonyl (C=O) groups is 1. The number of rotatable bonds is 7. The summed E-state index contributed by atoms with van der Waals surface area (Å²) in [6.45, 7) is 6.34. The van der Waals surface area contributed by atoms with Gasteiger partial charge >= 0.3 is 12.3 Å². The first-order chi connectivity index (χ1) is 19.8. The molecule has 0 aliphatic carbocycles. The van der Waals surface area contributed by atoms with Gasteiger partial charge in [0.05, 0.1) is 12.1 Å². The van der Waals surface area contributed by atoms with Gasteiger partial charge in [-0.05, 0) is 48.7 Å². The van der Waals surface area contributed by atoms with Gasteiger partial charge in [-0.3, -0.25) is 0 Å². The third-order valence-corrected chi connectivity index (χ3v) is 9.71. The Hall–Kier alpha value is -4.23. The topological polar surface area (TPSA) is 114 Å². The van der Waals surface area contributed by atoms with Crippen molar-refractivity contribution in [1.82, 2.24) is 19.3 Å². The molecular weight excluding hydrogens is 589 g/mol. The van der Waals surface area contributed by atoms with E-state index in [1.165, 1.54) is 29.0 Å². The molecule has 0 saturated carbocycles. The van der Waals surface area contributed by atoms with Gasteiger partial charge in [-0.2, -0.15) is 13.2 Å². The van der Waals surface area contributed by atoms with Gasteiger partial charge in [0.2, 0.25) is 0 Å². The summed E-state index contributed by atoms with van der Waals surface area (Å²) in [6, 6.07) is 15.0. The highest BCUT2D eigenvalue weighted by Gasteiger charge is 2.35. The number of halogens is 3. The van der Waals surface area contributed by atoms with Crippen molar-refractivity contribution in [2.24, 2.45) is 0 Å². The summed E-state index contributed by atoms with van der Waals surface area (Å²) < 4.78 is 70.3. The molecule has 5 aromatic rings. The Morgan fingerprint density at radius 3 is 2.36 bits per heavy atom. The van der Waals surface area contributed by atoms with Gasteiger partial charge in [0.15, 0.2) is 5.65 Å². The van der Waals surface area contributed by atoms with Crippen LogP contribution in [0.3, 0.4) is 0 Å². The zero-order chi connectivity index (χ0) is 30.4. The monoisotopic (exact) mass is 614 g/mol. The van der Waals surface area contributed by atoms with Crippen LogP contribution in [0.2, 0.25) is 0 Å². The minimum absolute atomic E-state index is 0.0297. The molecule has 2 aromatic carbocycles. The predicted molar refractivity (Wildman–Crippen MR) is 154 cm³/mol. The summed E-state index contributed by atoms with van der Waals surface area (Å²) in [5.74, 6) is 0.856. The van der Waals surface area contributed by atoms with Crippen LogP contribution < -0.4 is 4.72 Å². The van der Waals surface area contributed by atoms with Gasteiger partial charge in [0, 0.05) is 28.1 Å². The van der Waals surface area contributed by atoms with Crippen LogP contribution in [-0.4, -0.2) is 34.2 Å². The number of fused-ring (bicyclic) bond motifs is 1. The van der Waals surface area contributed by atoms with Crippen LogP contribution in [-0.2, 0) is 29.2 Å². The fourth-order valence-electron chi connectivity index (χ4n) is 4.87. The molecule has 42 heavy (non-hydrogen) atoms. The number of aromatic nitrogens is 3. The van der Waals surface area contributed by atoms with Crippen molar-refractivity contribution in [3.63, 3.8) is 0 Å². The van der Waals surface area contributed by atoms with E-state index in [4.69, 9.17) is 10.1 Å². The molecule has 0 aliphatic rings. The van der Waals surface area contributed by atoms with Gasteiger partial charge in [0.1, 0.15) is 15.6 Å². The summed E-state index contributed by atoms with van der Waals surface area (Å²) in [4.78, 5) is 20.7. The predicted octanol–water partition coefficient (Wildman–Crippen LogP) is 7.03. The van der Waals surface area contributed by atoms with E-state index in [9.17, 15) is 26.4 Å². The number of pyridine rings is 1. The van der Waals surface area contributed by atoms with Gasteiger partial charge in [-0.1, -0.05) is 49.4 Å². The maximum atomic E-state index is 13.8. The fourth-order valence-corrected chi connectivity index (χ4v) is 7.44. The van der Waals surface area contributed by atoms with Gasteiger partial charge in [0.25, 0.3) is 10.0 Å². The number of aryl methyl sites for hydroxylation is 3. The second-order valence-electron chi connectivity index (χ2n) is 9.68. The first kappa shape index (κ1) is 29.3. The Balaban J connectivity index is 1.59. The van der Waals surface area contributed by atoms with Crippen molar-refractivity contribution in [1.29, 1.82) is 0 Å². The number of hydrogen-bond acceptors (Lipinski definition) is 6. The number of sulfonamides is 1. The minimum Gasteiger partial charge on any atom is -0.464 e. The van der Waals surface area contributed by atoms with E-state index in [2.05, 4.69) is 4.98 Å². The van der Waals surface area contributed by atoms with Crippen molar-refractivity contribution >= 4 is 38.6 Å².